The Labute approximate surface area is 185 Å². The predicted molar refractivity (Wildman–Crippen MR) is 122 cm³/mol. The molecule has 0 saturated heterocycles. The van der Waals surface area contributed by atoms with Gasteiger partial charge in [-0.2, -0.15) is 0 Å². The summed E-state index contributed by atoms with van der Waals surface area (Å²) in [4.78, 5) is 23.4. The van der Waals surface area contributed by atoms with Gasteiger partial charge in [0.1, 0.15) is 0 Å². The molecular formula is C22H20ClN3O4S. The molecule has 7 nitrogen and oxygen atoms in total. The van der Waals surface area contributed by atoms with Gasteiger partial charge in [0.2, 0.25) is 11.8 Å². The second-order valence-electron chi connectivity index (χ2n) is 6.75. The molecule has 0 aliphatic carbocycles. The number of benzene rings is 3. The van der Waals surface area contributed by atoms with Crippen molar-refractivity contribution < 1.29 is 18.0 Å². The first kappa shape index (κ1) is 22.3. The van der Waals surface area contributed by atoms with Crippen LogP contribution in [0.15, 0.2) is 77.7 Å². The first-order valence-corrected chi connectivity index (χ1v) is 11.1. The lowest BCUT2D eigenvalue weighted by Gasteiger charge is -2.11. The van der Waals surface area contributed by atoms with E-state index < -0.39 is 10.0 Å². The lowest BCUT2D eigenvalue weighted by Crippen LogP contribution is -2.16. The van der Waals surface area contributed by atoms with Crippen LogP contribution in [0.2, 0.25) is 5.02 Å². The number of carbonyl (C=O) groups excluding carboxylic acids is 2. The zero-order valence-corrected chi connectivity index (χ0v) is 18.1. The third kappa shape index (κ3) is 6.56. The Bertz CT molecular complexity index is 1210. The molecule has 0 aliphatic heterocycles. The molecule has 3 aromatic rings. The maximum atomic E-state index is 12.7. The number of anilines is 3. The van der Waals surface area contributed by atoms with Crippen LogP contribution in [0.3, 0.4) is 0 Å². The summed E-state index contributed by atoms with van der Waals surface area (Å²) in [5.41, 5.74) is 2.08. The molecule has 0 atom stereocenters. The normalized spacial score (nSPS) is 10.9. The van der Waals surface area contributed by atoms with E-state index in [1.807, 2.05) is 0 Å². The number of rotatable bonds is 7. The summed E-state index contributed by atoms with van der Waals surface area (Å²) in [5.74, 6) is -0.477. The van der Waals surface area contributed by atoms with Gasteiger partial charge in [-0.25, -0.2) is 8.42 Å². The van der Waals surface area contributed by atoms with Crippen molar-refractivity contribution in [2.75, 3.05) is 15.4 Å². The van der Waals surface area contributed by atoms with Crippen molar-refractivity contribution in [2.24, 2.45) is 0 Å². The highest BCUT2D eigenvalue weighted by Gasteiger charge is 2.15. The largest absolute Gasteiger partial charge is 0.326 e. The number of nitrogens with one attached hydrogen (secondary N) is 3. The molecule has 3 rings (SSSR count). The van der Waals surface area contributed by atoms with Gasteiger partial charge >= 0.3 is 0 Å². The Kier molecular flexibility index (Phi) is 6.94. The second-order valence-corrected chi connectivity index (χ2v) is 8.87. The van der Waals surface area contributed by atoms with Crippen molar-refractivity contribution in [2.45, 2.75) is 18.2 Å². The predicted octanol–water partition coefficient (Wildman–Crippen LogP) is 4.28. The highest BCUT2D eigenvalue weighted by atomic mass is 35.5. The number of sulfonamides is 1. The summed E-state index contributed by atoms with van der Waals surface area (Å²) < 4.78 is 27.8. The summed E-state index contributed by atoms with van der Waals surface area (Å²) >= 11 is 5.90. The first-order valence-electron chi connectivity index (χ1n) is 9.26. The van der Waals surface area contributed by atoms with Crippen LogP contribution in [-0.2, 0) is 26.0 Å². The average molecular weight is 458 g/mol. The van der Waals surface area contributed by atoms with Crippen molar-refractivity contribution in [3.63, 3.8) is 0 Å². The van der Waals surface area contributed by atoms with Crippen LogP contribution >= 0.6 is 11.6 Å². The molecule has 31 heavy (non-hydrogen) atoms. The Balaban J connectivity index is 1.67. The minimum Gasteiger partial charge on any atom is -0.326 e. The van der Waals surface area contributed by atoms with Crippen LogP contribution in [-0.4, -0.2) is 20.2 Å². The fraction of sp³-hybridized carbons (Fsp3) is 0.0909. The van der Waals surface area contributed by atoms with E-state index in [1.165, 1.54) is 25.1 Å². The molecular weight excluding hydrogens is 438 g/mol. The lowest BCUT2D eigenvalue weighted by molar-refractivity contribution is -0.116. The van der Waals surface area contributed by atoms with E-state index in [-0.39, 0.29) is 23.1 Å². The van der Waals surface area contributed by atoms with Gasteiger partial charge in [0.05, 0.1) is 17.0 Å². The maximum Gasteiger partial charge on any atom is 0.261 e. The molecule has 2 amide bonds. The smallest absolute Gasteiger partial charge is 0.261 e. The second kappa shape index (κ2) is 9.63. The number of hydrogen-bond acceptors (Lipinski definition) is 4. The van der Waals surface area contributed by atoms with Crippen molar-refractivity contribution in [1.82, 2.24) is 0 Å². The van der Waals surface area contributed by atoms with Gasteiger partial charge < -0.3 is 10.6 Å². The van der Waals surface area contributed by atoms with Gasteiger partial charge in [0.25, 0.3) is 10.0 Å². The fourth-order valence-corrected chi connectivity index (χ4v) is 4.09. The van der Waals surface area contributed by atoms with E-state index in [4.69, 9.17) is 11.6 Å². The number of carbonyl (C=O) groups is 2. The molecule has 0 aliphatic rings. The van der Waals surface area contributed by atoms with Gasteiger partial charge in [0.15, 0.2) is 0 Å². The van der Waals surface area contributed by atoms with Crippen molar-refractivity contribution in [1.29, 1.82) is 0 Å². The van der Waals surface area contributed by atoms with E-state index in [2.05, 4.69) is 15.4 Å². The standard InChI is InChI=1S/C22H20ClN3O4S/c1-15(27)24-18-10-8-16(9-11-18)12-22(28)25-19-5-3-7-21(14-19)31(29,30)26-20-6-2-4-17(23)13-20/h2-11,13-14,26H,12H2,1H3,(H,24,27)(H,25,28). The topological polar surface area (TPSA) is 104 Å². The van der Waals surface area contributed by atoms with Gasteiger partial charge in [-0.1, -0.05) is 35.9 Å². The SMILES string of the molecule is CC(=O)Nc1ccc(CC(=O)Nc2cccc(S(=O)(=O)Nc3cccc(Cl)c3)c2)cc1. The van der Waals surface area contributed by atoms with Gasteiger partial charge in [-0.3, -0.25) is 14.3 Å². The summed E-state index contributed by atoms with van der Waals surface area (Å²) in [6.45, 7) is 1.42. The van der Waals surface area contributed by atoms with Crippen LogP contribution < -0.4 is 15.4 Å². The van der Waals surface area contributed by atoms with E-state index in [1.54, 1.807) is 54.6 Å². The molecule has 3 N–H and O–H groups in total. The first-order chi connectivity index (χ1) is 14.7. The van der Waals surface area contributed by atoms with Gasteiger partial charge in [-0.05, 0) is 54.1 Å². The molecule has 160 valence electrons. The van der Waals surface area contributed by atoms with E-state index >= 15 is 0 Å². The zero-order chi connectivity index (χ0) is 22.4. The number of hydrogen-bond donors (Lipinski definition) is 3. The highest BCUT2D eigenvalue weighted by molar-refractivity contribution is 7.92. The minimum atomic E-state index is -3.86. The summed E-state index contributed by atoms with van der Waals surface area (Å²) in [7, 11) is -3.86. The van der Waals surface area contributed by atoms with Crippen LogP contribution in [0.5, 0.6) is 0 Å². The fourth-order valence-electron chi connectivity index (χ4n) is 2.81. The minimum absolute atomic E-state index is 0.00457. The van der Waals surface area contributed by atoms with Crippen LogP contribution in [0.1, 0.15) is 12.5 Å². The Morgan fingerprint density at radius 3 is 2.19 bits per heavy atom. The average Bonchev–Trinajstić information content (AvgIpc) is 2.69. The molecule has 0 aromatic heterocycles. The Morgan fingerprint density at radius 2 is 1.52 bits per heavy atom. The maximum absolute atomic E-state index is 12.7. The Morgan fingerprint density at radius 1 is 0.839 bits per heavy atom. The van der Waals surface area contributed by atoms with E-state index in [0.29, 0.717) is 22.1 Å². The van der Waals surface area contributed by atoms with Crippen molar-refractivity contribution >= 4 is 50.5 Å². The molecule has 0 saturated carbocycles. The third-order valence-corrected chi connectivity index (χ3v) is 5.76. The molecule has 0 fully saturated rings. The van der Waals surface area contributed by atoms with Crippen molar-refractivity contribution in [3.05, 3.63) is 83.4 Å². The van der Waals surface area contributed by atoms with Gasteiger partial charge in [-0.15, -0.1) is 0 Å². The quantitative estimate of drug-likeness (QED) is 0.492. The monoisotopic (exact) mass is 457 g/mol. The van der Waals surface area contributed by atoms with Crippen LogP contribution in [0, 0.1) is 0 Å². The molecule has 0 unspecified atom stereocenters. The molecule has 0 heterocycles. The van der Waals surface area contributed by atoms with E-state index in [0.717, 1.165) is 5.56 Å². The summed E-state index contributed by atoms with van der Waals surface area (Å²) in [6, 6.07) is 19.2. The lowest BCUT2D eigenvalue weighted by atomic mass is 10.1. The third-order valence-electron chi connectivity index (χ3n) is 4.14. The number of amides is 2. The number of halogens is 1. The molecule has 0 bridgehead atoms. The summed E-state index contributed by atoms with van der Waals surface area (Å²) in [5, 5.41) is 5.77. The molecule has 3 aromatic carbocycles. The van der Waals surface area contributed by atoms with Crippen molar-refractivity contribution in [3.8, 4) is 0 Å². The molecule has 9 heteroatoms. The summed E-state index contributed by atoms with van der Waals surface area (Å²) in [6.07, 6.45) is 0.0953. The van der Waals surface area contributed by atoms with E-state index in [9.17, 15) is 18.0 Å². The van der Waals surface area contributed by atoms with Crippen LogP contribution in [0.4, 0.5) is 17.1 Å². The Hall–Kier alpha value is -3.36. The van der Waals surface area contributed by atoms with Gasteiger partial charge in [0, 0.05) is 23.3 Å². The molecule has 0 spiro atoms. The van der Waals surface area contributed by atoms with Crippen LogP contribution in [0.25, 0.3) is 0 Å². The highest BCUT2D eigenvalue weighted by Crippen LogP contribution is 2.21. The molecule has 0 radical (unpaired) electrons. The zero-order valence-electron chi connectivity index (χ0n) is 16.6.